The molecule has 0 amide bonds. The van der Waals surface area contributed by atoms with Crippen molar-refractivity contribution in [1.82, 2.24) is 34.6 Å². The molecule has 6 aromatic rings. The van der Waals surface area contributed by atoms with Gasteiger partial charge < -0.3 is 0 Å². The second-order valence-corrected chi connectivity index (χ2v) is 9.66. The van der Waals surface area contributed by atoms with E-state index in [1.807, 2.05) is 60.7 Å². The third-order valence-electron chi connectivity index (χ3n) is 6.93. The molecule has 0 aliphatic rings. The van der Waals surface area contributed by atoms with Crippen molar-refractivity contribution >= 4 is 0 Å². The molecule has 0 spiro atoms. The van der Waals surface area contributed by atoms with Crippen molar-refractivity contribution in [3.8, 4) is 11.4 Å². The Hall–Kier alpha value is -5.25. The lowest BCUT2D eigenvalue weighted by Crippen LogP contribution is -2.25. The van der Waals surface area contributed by atoms with Crippen LogP contribution in [0.5, 0.6) is 0 Å². The van der Waals surface area contributed by atoms with E-state index in [9.17, 15) is 14.0 Å². The Morgan fingerprint density at radius 3 is 1.85 bits per heavy atom. The Kier molecular flexibility index (Phi) is 6.35. The van der Waals surface area contributed by atoms with Gasteiger partial charge >= 0.3 is 0 Å². The number of aromatic nitrogens is 7. The fraction of sp³-hybridized carbons (Fsp3) is 0.133. The van der Waals surface area contributed by atoms with Crippen LogP contribution >= 0.6 is 0 Å². The largest absolute Gasteiger partial charge is 0.295 e. The van der Waals surface area contributed by atoms with Gasteiger partial charge in [-0.15, -0.1) is 5.10 Å². The maximum Gasteiger partial charge on any atom is 0.275 e. The summed E-state index contributed by atoms with van der Waals surface area (Å²) < 4.78 is 18.3. The summed E-state index contributed by atoms with van der Waals surface area (Å²) in [6, 6.07) is 24.7. The molecule has 0 atom stereocenters. The van der Waals surface area contributed by atoms with E-state index >= 15 is 0 Å². The number of H-pyrrole nitrogens is 2. The van der Waals surface area contributed by atoms with Crippen LogP contribution in [0.25, 0.3) is 11.4 Å². The second-order valence-electron chi connectivity index (χ2n) is 9.66. The molecule has 0 aliphatic heterocycles. The molecule has 3 aromatic carbocycles. The summed E-state index contributed by atoms with van der Waals surface area (Å²) in [5.74, 6) is -1.16. The first-order valence-corrected chi connectivity index (χ1v) is 12.8. The van der Waals surface area contributed by atoms with Gasteiger partial charge in [-0.25, -0.2) is 18.4 Å². The van der Waals surface area contributed by atoms with Gasteiger partial charge in [0.1, 0.15) is 5.82 Å². The highest BCUT2D eigenvalue weighted by atomic mass is 19.1. The molecular formula is C30H26FN7O2. The first-order chi connectivity index (χ1) is 19.4. The minimum Gasteiger partial charge on any atom is -0.295 e. The van der Waals surface area contributed by atoms with Gasteiger partial charge in [0.25, 0.3) is 11.1 Å². The molecule has 0 bridgehead atoms. The lowest BCUT2D eigenvalue weighted by atomic mass is 9.89. The van der Waals surface area contributed by atoms with E-state index in [0.717, 1.165) is 0 Å². The van der Waals surface area contributed by atoms with Gasteiger partial charge in [0.05, 0.1) is 40.7 Å². The van der Waals surface area contributed by atoms with Crippen molar-refractivity contribution in [2.45, 2.75) is 26.3 Å². The standard InChI is InChI=1S/C30H26FN7O2/c1-19-26(29(39)37(33-19)23-12-5-3-6-13-23)28(25-18-36(35-32-25)17-21-10-9-11-22(31)16-21)27-20(2)34-38(30(27)40)24-14-7-4-8-15-24/h3-16,18,28,33-34H,17H2,1-2H3. The van der Waals surface area contributed by atoms with E-state index in [1.165, 1.54) is 21.5 Å². The molecule has 0 saturated carbocycles. The number of hydrogen-bond donors (Lipinski definition) is 2. The topological polar surface area (TPSA) is 106 Å². The van der Waals surface area contributed by atoms with Crippen LogP contribution in [0.3, 0.4) is 0 Å². The predicted molar refractivity (Wildman–Crippen MR) is 149 cm³/mol. The maximum absolute atomic E-state index is 13.9. The highest BCUT2D eigenvalue weighted by Gasteiger charge is 2.33. The van der Waals surface area contributed by atoms with Crippen LogP contribution in [0.2, 0.25) is 0 Å². The third-order valence-corrected chi connectivity index (χ3v) is 6.93. The maximum atomic E-state index is 13.9. The van der Waals surface area contributed by atoms with E-state index in [1.54, 1.807) is 36.9 Å². The van der Waals surface area contributed by atoms with E-state index in [4.69, 9.17) is 0 Å². The highest BCUT2D eigenvalue weighted by Crippen LogP contribution is 2.31. The Morgan fingerprint density at radius 2 is 1.32 bits per heavy atom. The molecule has 0 fully saturated rings. The molecule has 0 unspecified atom stereocenters. The fourth-order valence-electron chi connectivity index (χ4n) is 5.10. The molecule has 0 aliphatic carbocycles. The van der Waals surface area contributed by atoms with Crippen molar-refractivity contribution < 1.29 is 4.39 Å². The van der Waals surface area contributed by atoms with Gasteiger partial charge in [0.15, 0.2) is 0 Å². The molecule has 3 aromatic heterocycles. The zero-order valence-electron chi connectivity index (χ0n) is 21.9. The molecule has 0 radical (unpaired) electrons. The first kappa shape index (κ1) is 25.1. The second kappa shape index (κ2) is 10.1. The van der Waals surface area contributed by atoms with Gasteiger partial charge in [-0.1, -0.05) is 53.7 Å². The Balaban J connectivity index is 1.52. The summed E-state index contributed by atoms with van der Waals surface area (Å²) in [6.07, 6.45) is 1.70. The summed E-state index contributed by atoms with van der Waals surface area (Å²) in [7, 11) is 0. The van der Waals surface area contributed by atoms with E-state index in [0.29, 0.717) is 45.1 Å². The Bertz CT molecular complexity index is 1820. The van der Waals surface area contributed by atoms with Crippen LogP contribution < -0.4 is 11.1 Å². The van der Waals surface area contributed by atoms with Gasteiger partial charge in [-0.2, -0.15) is 0 Å². The zero-order chi connectivity index (χ0) is 27.8. The summed E-state index contributed by atoms with van der Waals surface area (Å²) in [5, 5.41) is 15.0. The van der Waals surface area contributed by atoms with Crippen LogP contribution in [-0.2, 0) is 6.54 Å². The van der Waals surface area contributed by atoms with Crippen LogP contribution in [0, 0.1) is 19.7 Å². The number of nitrogens with zero attached hydrogens (tertiary/aromatic N) is 5. The SMILES string of the molecule is Cc1[nH]n(-c2ccccc2)c(=O)c1C(c1cn(Cc2cccc(F)c2)nn1)c1c(C)[nH]n(-c2ccccc2)c1=O. The quantitative estimate of drug-likeness (QED) is 0.319. The van der Waals surface area contributed by atoms with Crippen LogP contribution in [-0.4, -0.2) is 34.6 Å². The number of rotatable bonds is 7. The normalized spacial score (nSPS) is 11.4. The van der Waals surface area contributed by atoms with Crippen LogP contribution in [0.1, 0.15) is 39.7 Å². The third kappa shape index (κ3) is 4.49. The zero-order valence-corrected chi connectivity index (χ0v) is 21.9. The molecule has 2 N–H and O–H groups in total. The molecule has 40 heavy (non-hydrogen) atoms. The number of aromatic amines is 2. The monoisotopic (exact) mass is 535 g/mol. The minimum absolute atomic E-state index is 0.276. The summed E-state index contributed by atoms with van der Waals surface area (Å²) in [6.45, 7) is 3.88. The van der Waals surface area contributed by atoms with Gasteiger partial charge in [-0.05, 0) is 55.8 Å². The smallest absolute Gasteiger partial charge is 0.275 e. The molecule has 6 rings (SSSR count). The average molecular weight is 536 g/mol. The molecule has 3 heterocycles. The van der Waals surface area contributed by atoms with Gasteiger partial charge in [0, 0.05) is 17.6 Å². The van der Waals surface area contributed by atoms with Crippen molar-refractivity contribution in [3.63, 3.8) is 0 Å². The summed E-state index contributed by atoms with van der Waals surface area (Å²) in [4.78, 5) is 27.9. The molecular weight excluding hydrogens is 509 g/mol. The summed E-state index contributed by atoms with van der Waals surface area (Å²) >= 11 is 0. The van der Waals surface area contributed by atoms with Crippen molar-refractivity contribution in [3.05, 3.63) is 151 Å². The van der Waals surface area contributed by atoms with E-state index < -0.39 is 5.92 Å². The minimum atomic E-state index is -0.816. The number of para-hydroxylation sites is 2. The van der Waals surface area contributed by atoms with Crippen LogP contribution in [0.4, 0.5) is 4.39 Å². The fourth-order valence-corrected chi connectivity index (χ4v) is 5.10. The van der Waals surface area contributed by atoms with E-state index in [2.05, 4.69) is 20.5 Å². The predicted octanol–water partition coefficient (Wildman–Crippen LogP) is 4.22. The molecule has 200 valence electrons. The molecule has 10 heteroatoms. The Morgan fingerprint density at radius 1 is 0.775 bits per heavy atom. The number of aryl methyl sites for hydroxylation is 2. The number of halogens is 1. The highest BCUT2D eigenvalue weighted by molar-refractivity contribution is 5.45. The van der Waals surface area contributed by atoms with Gasteiger partial charge in [-0.3, -0.25) is 19.8 Å². The van der Waals surface area contributed by atoms with Crippen molar-refractivity contribution in [2.75, 3.05) is 0 Å². The number of nitrogens with one attached hydrogen (secondary N) is 2. The number of benzene rings is 3. The lowest BCUT2D eigenvalue weighted by Gasteiger charge is -2.12. The summed E-state index contributed by atoms with van der Waals surface area (Å²) in [5.41, 5.74) is 3.87. The first-order valence-electron chi connectivity index (χ1n) is 12.8. The van der Waals surface area contributed by atoms with Crippen molar-refractivity contribution in [1.29, 1.82) is 0 Å². The molecule has 0 saturated heterocycles. The van der Waals surface area contributed by atoms with Crippen LogP contribution in [0.15, 0.2) is 101 Å². The van der Waals surface area contributed by atoms with E-state index in [-0.39, 0.29) is 23.5 Å². The average Bonchev–Trinajstić information content (AvgIpc) is 3.62. The lowest BCUT2D eigenvalue weighted by molar-refractivity contribution is 0.614. The van der Waals surface area contributed by atoms with Gasteiger partial charge in [0.2, 0.25) is 0 Å². The Labute approximate surface area is 228 Å². The van der Waals surface area contributed by atoms with Crippen molar-refractivity contribution in [2.24, 2.45) is 0 Å². The molecule has 9 nitrogen and oxygen atoms in total. The number of hydrogen-bond acceptors (Lipinski definition) is 4.